The van der Waals surface area contributed by atoms with Gasteiger partial charge in [-0.1, -0.05) is 18.2 Å². The fourth-order valence-corrected chi connectivity index (χ4v) is 3.53. The lowest BCUT2D eigenvalue weighted by Crippen LogP contribution is -2.40. The Hall–Kier alpha value is -3.32. The number of Topliss-reactive ketones (excluding diaryl/α,β-unsaturated/α-hetero) is 1. The first kappa shape index (κ1) is 23.3. The molecule has 0 aliphatic rings. The van der Waals surface area contributed by atoms with Crippen LogP contribution in [0.3, 0.4) is 0 Å². The van der Waals surface area contributed by atoms with Crippen molar-refractivity contribution in [3.8, 4) is 0 Å². The van der Waals surface area contributed by atoms with Crippen LogP contribution in [0.5, 0.6) is 0 Å². The number of ketones is 1. The number of hydrogen-bond acceptors (Lipinski definition) is 4. The van der Waals surface area contributed by atoms with Gasteiger partial charge in [-0.15, -0.1) is 0 Å². The van der Waals surface area contributed by atoms with Gasteiger partial charge >= 0.3 is 0 Å². The Bertz CT molecular complexity index is 1130. The fraction of sp³-hybridized carbons (Fsp3) is 0.280. The summed E-state index contributed by atoms with van der Waals surface area (Å²) in [4.78, 5) is 27.9. The SMILES string of the molecule is CC(=O)c1ccc2cc(N(C)CC(=O)N(CCCN)Cc3cc(F)ccc3F)ccc2c1. The normalized spacial score (nSPS) is 10.9. The van der Waals surface area contributed by atoms with Gasteiger partial charge in [-0.2, -0.15) is 0 Å². The van der Waals surface area contributed by atoms with Crippen LogP contribution in [-0.2, 0) is 11.3 Å². The third-order valence-corrected chi connectivity index (χ3v) is 5.40. The second kappa shape index (κ2) is 10.3. The Labute approximate surface area is 186 Å². The van der Waals surface area contributed by atoms with Gasteiger partial charge in [-0.25, -0.2) is 8.78 Å². The van der Waals surface area contributed by atoms with E-state index in [1.54, 1.807) is 18.0 Å². The summed E-state index contributed by atoms with van der Waals surface area (Å²) in [6, 6.07) is 14.5. The minimum absolute atomic E-state index is 0.00555. The zero-order chi connectivity index (χ0) is 23.3. The van der Waals surface area contributed by atoms with E-state index in [1.807, 2.05) is 30.3 Å². The Morgan fingerprint density at radius 3 is 2.41 bits per heavy atom. The van der Waals surface area contributed by atoms with Crippen LogP contribution in [0.1, 0.15) is 29.3 Å². The van der Waals surface area contributed by atoms with E-state index < -0.39 is 11.6 Å². The maximum Gasteiger partial charge on any atom is 0.242 e. The van der Waals surface area contributed by atoms with Crippen LogP contribution in [0.25, 0.3) is 10.8 Å². The van der Waals surface area contributed by atoms with Gasteiger partial charge in [0.2, 0.25) is 5.91 Å². The van der Waals surface area contributed by atoms with Crippen molar-refractivity contribution in [1.82, 2.24) is 4.90 Å². The van der Waals surface area contributed by atoms with Gasteiger partial charge in [-0.05, 0) is 67.1 Å². The van der Waals surface area contributed by atoms with Crippen LogP contribution >= 0.6 is 0 Å². The summed E-state index contributed by atoms with van der Waals surface area (Å²) in [7, 11) is 1.80. The number of benzene rings is 3. The van der Waals surface area contributed by atoms with Crippen molar-refractivity contribution < 1.29 is 18.4 Å². The number of nitrogens with two attached hydrogens (primary N) is 1. The highest BCUT2D eigenvalue weighted by atomic mass is 19.1. The van der Waals surface area contributed by atoms with Crippen molar-refractivity contribution in [2.24, 2.45) is 5.73 Å². The van der Waals surface area contributed by atoms with Gasteiger partial charge in [0.05, 0.1) is 6.54 Å². The van der Waals surface area contributed by atoms with Crippen LogP contribution in [-0.4, -0.2) is 43.3 Å². The summed E-state index contributed by atoms with van der Waals surface area (Å²) in [6.07, 6.45) is 0.556. The standard InChI is InChI=1S/C25H27F2N3O2/c1-17(31)18-4-5-20-14-23(8-6-19(20)12-18)29(2)16-25(32)30(11-3-10-28)15-21-13-22(26)7-9-24(21)27/h4-9,12-14H,3,10-11,15-16,28H2,1-2H3. The predicted octanol–water partition coefficient (Wildman–Crippen LogP) is 4.13. The smallest absolute Gasteiger partial charge is 0.242 e. The quantitative estimate of drug-likeness (QED) is 0.509. The van der Waals surface area contributed by atoms with E-state index in [4.69, 9.17) is 5.73 Å². The highest BCUT2D eigenvalue weighted by molar-refractivity contribution is 5.99. The predicted molar refractivity (Wildman–Crippen MR) is 123 cm³/mol. The summed E-state index contributed by atoms with van der Waals surface area (Å²) in [5, 5.41) is 1.89. The summed E-state index contributed by atoms with van der Waals surface area (Å²) in [6.45, 7) is 2.31. The molecule has 0 fully saturated rings. The molecular formula is C25H27F2N3O2. The lowest BCUT2D eigenvalue weighted by molar-refractivity contribution is -0.130. The molecule has 0 spiro atoms. The van der Waals surface area contributed by atoms with Gasteiger partial charge in [0.15, 0.2) is 5.78 Å². The molecule has 0 saturated heterocycles. The first-order valence-electron chi connectivity index (χ1n) is 10.5. The molecule has 0 unspecified atom stereocenters. The fourth-order valence-electron chi connectivity index (χ4n) is 3.53. The molecule has 3 rings (SSSR count). The molecule has 32 heavy (non-hydrogen) atoms. The van der Waals surface area contributed by atoms with E-state index in [9.17, 15) is 18.4 Å². The van der Waals surface area contributed by atoms with E-state index in [0.29, 0.717) is 25.1 Å². The van der Waals surface area contributed by atoms with Gasteiger partial charge < -0.3 is 15.5 Å². The van der Waals surface area contributed by atoms with E-state index >= 15 is 0 Å². The van der Waals surface area contributed by atoms with Crippen LogP contribution in [0.4, 0.5) is 14.5 Å². The Balaban J connectivity index is 1.76. The number of rotatable bonds is 9. The first-order valence-corrected chi connectivity index (χ1v) is 10.5. The Morgan fingerprint density at radius 2 is 1.69 bits per heavy atom. The molecule has 3 aromatic rings. The van der Waals surface area contributed by atoms with E-state index in [-0.39, 0.29) is 30.3 Å². The molecule has 0 atom stereocenters. The maximum atomic E-state index is 14.1. The highest BCUT2D eigenvalue weighted by Crippen LogP contribution is 2.23. The monoisotopic (exact) mass is 439 g/mol. The molecule has 0 saturated carbocycles. The number of likely N-dealkylation sites (N-methyl/N-ethyl adjacent to an activating group) is 1. The number of halogens is 2. The van der Waals surface area contributed by atoms with Crippen molar-refractivity contribution >= 4 is 28.2 Å². The van der Waals surface area contributed by atoms with Crippen molar-refractivity contribution in [1.29, 1.82) is 0 Å². The zero-order valence-electron chi connectivity index (χ0n) is 18.3. The van der Waals surface area contributed by atoms with Crippen molar-refractivity contribution in [3.63, 3.8) is 0 Å². The molecule has 0 bridgehead atoms. The third-order valence-electron chi connectivity index (χ3n) is 5.40. The molecular weight excluding hydrogens is 412 g/mol. The molecule has 0 aliphatic carbocycles. The van der Waals surface area contributed by atoms with Gasteiger partial charge in [0.25, 0.3) is 0 Å². The number of nitrogens with zero attached hydrogens (tertiary/aromatic N) is 2. The maximum absolute atomic E-state index is 14.1. The second-order valence-corrected chi connectivity index (χ2v) is 7.85. The number of carbonyl (C=O) groups excluding carboxylic acids is 2. The summed E-state index contributed by atoms with van der Waals surface area (Å²) < 4.78 is 27.7. The lowest BCUT2D eigenvalue weighted by Gasteiger charge is -2.27. The summed E-state index contributed by atoms with van der Waals surface area (Å²) in [5.41, 5.74) is 7.20. The number of amides is 1. The van der Waals surface area contributed by atoms with Crippen LogP contribution < -0.4 is 10.6 Å². The van der Waals surface area contributed by atoms with E-state index in [0.717, 1.165) is 34.7 Å². The first-order chi connectivity index (χ1) is 15.3. The molecule has 7 heteroatoms. The van der Waals surface area contributed by atoms with Crippen LogP contribution in [0.2, 0.25) is 0 Å². The molecule has 0 aliphatic heterocycles. The number of anilines is 1. The average Bonchev–Trinajstić information content (AvgIpc) is 2.77. The van der Waals surface area contributed by atoms with Gasteiger partial charge in [0, 0.05) is 37.0 Å². The van der Waals surface area contributed by atoms with Crippen LogP contribution in [0.15, 0.2) is 54.6 Å². The topological polar surface area (TPSA) is 66.6 Å². The molecule has 1 amide bonds. The average molecular weight is 440 g/mol. The second-order valence-electron chi connectivity index (χ2n) is 7.85. The minimum Gasteiger partial charge on any atom is -0.365 e. The van der Waals surface area contributed by atoms with Crippen molar-refractivity contribution in [2.45, 2.75) is 19.9 Å². The molecule has 0 radical (unpaired) electrons. The van der Waals surface area contributed by atoms with Crippen molar-refractivity contribution in [2.75, 3.05) is 31.6 Å². The molecule has 2 N–H and O–H groups in total. The molecule has 0 aromatic heterocycles. The third kappa shape index (κ3) is 5.68. The van der Waals surface area contributed by atoms with Gasteiger partial charge in [0.1, 0.15) is 11.6 Å². The lowest BCUT2D eigenvalue weighted by atomic mass is 10.0. The molecule has 168 valence electrons. The minimum atomic E-state index is -0.551. The molecule has 5 nitrogen and oxygen atoms in total. The Morgan fingerprint density at radius 1 is 0.969 bits per heavy atom. The number of fused-ring (bicyclic) bond motifs is 1. The largest absolute Gasteiger partial charge is 0.365 e. The summed E-state index contributed by atoms with van der Waals surface area (Å²) >= 11 is 0. The van der Waals surface area contributed by atoms with Crippen LogP contribution in [0, 0.1) is 11.6 Å². The highest BCUT2D eigenvalue weighted by Gasteiger charge is 2.18. The van der Waals surface area contributed by atoms with Gasteiger partial charge in [-0.3, -0.25) is 9.59 Å². The zero-order valence-corrected chi connectivity index (χ0v) is 18.3. The van der Waals surface area contributed by atoms with E-state index in [1.165, 1.54) is 11.8 Å². The number of carbonyl (C=O) groups is 2. The molecule has 0 heterocycles. The van der Waals surface area contributed by atoms with Crippen molar-refractivity contribution in [3.05, 3.63) is 77.4 Å². The molecule has 3 aromatic carbocycles. The Kier molecular flexibility index (Phi) is 7.53. The number of hydrogen-bond donors (Lipinski definition) is 1. The summed E-state index contributed by atoms with van der Waals surface area (Å²) in [5.74, 6) is -1.30. The van der Waals surface area contributed by atoms with E-state index in [2.05, 4.69) is 0 Å².